The molecule has 0 bridgehead atoms. The van der Waals surface area contributed by atoms with E-state index in [0.717, 1.165) is 12.1 Å². The monoisotopic (exact) mass is 276 g/mol. The summed E-state index contributed by atoms with van der Waals surface area (Å²) in [6, 6.07) is 2.30. The van der Waals surface area contributed by atoms with E-state index in [2.05, 4.69) is 0 Å². The molecule has 1 heterocycles. The third-order valence-corrected chi connectivity index (χ3v) is 4.90. The number of benzene rings is 1. The Bertz CT molecular complexity index is 528. The Morgan fingerprint density at radius 2 is 1.89 bits per heavy atom. The molecular weight excluding hydrogens is 262 g/mol. The van der Waals surface area contributed by atoms with E-state index in [9.17, 15) is 17.2 Å². The molecule has 1 saturated heterocycles. The average Bonchev–Trinajstić information content (AvgIpc) is 2.76. The first-order chi connectivity index (χ1) is 8.43. The molecule has 4 nitrogen and oxygen atoms in total. The Balaban J connectivity index is 2.31. The molecule has 0 spiro atoms. The van der Waals surface area contributed by atoms with E-state index in [1.165, 1.54) is 4.31 Å². The molecular formula is C11H14F2N2O2S. The van der Waals surface area contributed by atoms with E-state index in [1.807, 2.05) is 0 Å². The predicted molar refractivity (Wildman–Crippen MR) is 62.3 cm³/mol. The van der Waals surface area contributed by atoms with Gasteiger partial charge in [0.15, 0.2) is 0 Å². The van der Waals surface area contributed by atoms with Crippen molar-refractivity contribution in [2.75, 3.05) is 19.6 Å². The third kappa shape index (κ3) is 2.52. The van der Waals surface area contributed by atoms with Gasteiger partial charge in [-0.3, -0.25) is 0 Å². The number of nitrogens with zero attached hydrogens (tertiary/aromatic N) is 1. The predicted octanol–water partition coefficient (Wildman–Crippen LogP) is 0.934. The van der Waals surface area contributed by atoms with Gasteiger partial charge in [-0.1, -0.05) is 0 Å². The van der Waals surface area contributed by atoms with E-state index < -0.39 is 21.7 Å². The Hall–Kier alpha value is -1.05. The van der Waals surface area contributed by atoms with Crippen LogP contribution in [0, 0.1) is 17.6 Å². The Morgan fingerprint density at radius 3 is 2.39 bits per heavy atom. The fourth-order valence-corrected chi connectivity index (χ4v) is 3.61. The van der Waals surface area contributed by atoms with Gasteiger partial charge in [0, 0.05) is 19.2 Å². The van der Waals surface area contributed by atoms with Gasteiger partial charge in [0.1, 0.15) is 11.6 Å². The topological polar surface area (TPSA) is 63.4 Å². The third-order valence-electron chi connectivity index (χ3n) is 3.06. The standard InChI is InChI=1S/C11H14F2N2O2S/c12-9-3-10(13)5-11(4-9)18(16,17)15-2-1-8(6-14)7-15/h3-5,8H,1-2,6-7,14H2. The van der Waals surface area contributed by atoms with Crippen LogP contribution in [0.25, 0.3) is 0 Å². The molecule has 0 saturated carbocycles. The van der Waals surface area contributed by atoms with Gasteiger partial charge in [0.25, 0.3) is 0 Å². The number of nitrogens with two attached hydrogens (primary N) is 1. The van der Waals surface area contributed by atoms with E-state index in [-0.39, 0.29) is 10.8 Å². The van der Waals surface area contributed by atoms with Crippen molar-refractivity contribution in [1.82, 2.24) is 4.31 Å². The van der Waals surface area contributed by atoms with Crippen molar-refractivity contribution >= 4 is 10.0 Å². The van der Waals surface area contributed by atoms with E-state index in [4.69, 9.17) is 5.73 Å². The molecule has 1 aromatic carbocycles. The Morgan fingerprint density at radius 1 is 1.28 bits per heavy atom. The second-order valence-electron chi connectivity index (χ2n) is 4.36. The van der Waals surface area contributed by atoms with Crippen LogP contribution in [0.1, 0.15) is 6.42 Å². The van der Waals surface area contributed by atoms with Crippen LogP contribution in [0.15, 0.2) is 23.1 Å². The first-order valence-electron chi connectivity index (χ1n) is 5.60. The SMILES string of the molecule is NCC1CCN(S(=O)(=O)c2cc(F)cc(F)c2)C1. The van der Waals surface area contributed by atoms with Gasteiger partial charge >= 0.3 is 0 Å². The smallest absolute Gasteiger partial charge is 0.243 e. The fraction of sp³-hybridized carbons (Fsp3) is 0.455. The minimum Gasteiger partial charge on any atom is -0.330 e. The van der Waals surface area contributed by atoms with Gasteiger partial charge in [0.2, 0.25) is 10.0 Å². The zero-order valence-corrected chi connectivity index (χ0v) is 10.5. The molecule has 1 fully saturated rings. The maximum Gasteiger partial charge on any atom is 0.243 e. The summed E-state index contributed by atoms with van der Waals surface area (Å²) < 4.78 is 51.6. The lowest BCUT2D eigenvalue weighted by Crippen LogP contribution is -2.30. The van der Waals surface area contributed by atoms with Gasteiger partial charge in [-0.05, 0) is 31.0 Å². The van der Waals surface area contributed by atoms with Crippen LogP contribution in [-0.4, -0.2) is 32.4 Å². The summed E-state index contributed by atoms with van der Waals surface area (Å²) in [5, 5.41) is 0. The number of hydrogen-bond acceptors (Lipinski definition) is 3. The lowest BCUT2D eigenvalue weighted by atomic mass is 10.1. The summed E-state index contributed by atoms with van der Waals surface area (Å²) in [6.07, 6.45) is 0.674. The molecule has 0 aromatic heterocycles. The lowest BCUT2D eigenvalue weighted by molar-refractivity contribution is 0.457. The van der Waals surface area contributed by atoms with Crippen molar-refractivity contribution in [2.24, 2.45) is 11.7 Å². The quantitative estimate of drug-likeness (QED) is 0.893. The number of hydrogen-bond donors (Lipinski definition) is 1. The molecule has 1 aromatic rings. The largest absolute Gasteiger partial charge is 0.330 e. The second kappa shape index (κ2) is 4.91. The molecule has 2 N–H and O–H groups in total. The summed E-state index contributed by atoms with van der Waals surface area (Å²) in [7, 11) is -3.83. The van der Waals surface area contributed by atoms with Crippen LogP contribution in [0.4, 0.5) is 8.78 Å². The van der Waals surface area contributed by atoms with Crippen LogP contribution in [0.5, 0.6) is 0 Å². The van der Waals surface area contributed by atoms with Crippen molar-refractivity contribution < 1.29 is 17.2 Å². The maximum absolute atomic E-state index is 13.0. The zero-order valence-electron chi connectivity index (χ0n) is 9.64. The summed E-state index contributed by atoms with van der Waals surface area (Å²) >= 11 is 0. The van der Waals surface area contributed by atoms with Crippen LogP contribution in [0.3, 0.4) is 0 Å². The minimum absolute atomic E-state index is 0.109. The number of sulfonamides is 1. The average molecular weight is 276 g/mol. The van der Waals surface area contributed by atoms with Crippen molar-refractivity contribution in [2.45, 2.75) is 11.3 Å². The van der Waals surface area contributed by atoms with Gasteiger partial charge in [-0.15, -0.1) is 0 Å². The van der Waals surface area contributed by atoms with Gasteiger partial charge in [0.05, 0.1) is 4.90 Å². The highest BCUT2D eigenvalue weighted by molar-refractivity contribution is 7.89. The van der Waals surface area contributed by atoms with Crippen LogP contribution in [0.2, 0.25) is 0 Å². The van der Waals surface area contributed by atoms with E-state index in [1.54, 1.807) is 0 Å². The molecule has 0 aliphatic carbocycles. The zero-order chi connectivity index (χ0) is 13.3. The fourth-order valence-electron chi connectivity index (χ4n) is 2.03. The van der Waals surface area contributed by atoms with Crippen molar-refractivity contribution in [3.63, 3.8) is 0 Å². The van der Waals surface area contributed by atoms with Crippen molar-refractivity contribution in [1.29, 1.82) is 0 Å². The summed E-state index contributed by atoms with van der Waals surface area (Å²) in [5.41, 5.74) is 5.48. The second-order valence-corrected chi connectivity index (χ2v) is 6.30. The molecule has 0 radical (unpaired) electrons. The molecule has 2 rings (SSSR count). The summed E-state index contributed by atoms with van der Waals surface area (Å²) in [5.74, 6) is -1.69. The van der Waals surface area contributed by atoms with Crippen molar-refractivity contribution in [3.8, 4) is 0 Å². The van der Waals surface area contributed by atoms with Crippen molar-refractivity contribution in [3.05, 3.63) is 29.8 Å². The van der Waals surface area contributed by atoms with E-state index in [0.29, 0.717) is 32.1 Å². The molecule has 7 heteroatoms. The Kier molecular flexibility index (Phi) is 3.65. The minimum atomic E-state index is -3.83. The Labute approximate surface area is 104 Å². The lowest BCUT2D eigenvalue weighted by Gasteiger charge is -2.16. The molecule has 0 amide bonds. The first-order valence-corrected chi connectivity index (χ1v) is 7.04. The highest BCUT2D eigenvalue weighted by Crippen LogP contribution is 2.24. The molecule has 1 unspecified atom stereocenters. The molecule has 1 aliphatic rings. The van der Waals surface area contributed by atoms with Crippen LogP contribution < -0.4 is 5.73 Å². The number of halogens is 2. The highest BCUT2D eigenvalue weighted by atomic mass is 32.2. The summed E-state index contributed by atoms with van der Waals surface area (Å²) in [6.45, 7) is 1.04. The maximum atomic E-state index is 13.0. The first kappa shape index (κ1) is 13.4. The summed E-state index contributed by atoms with van der Waals surface area (Å²) in [4.78, 5) is -0.349. The van der Waals surface area contributed by atoms with Gasteiger partial charge in [-0.2, -0.15) is 4.31 Å². The molecule has 100 valence electrons. The normalized spacial score (nSPS) is 21.4. The molecule has 1 aliphatic heterocycles. The van der Waals surface area contributed by atoms with Crippen LogP contribution in [-0.2, 0) is 10.0 Å². The van der Waals surface area contributed by atoms with Gasteiger partial charge in [-0.25, -0.2) is 17.2 Å². The van der Waals surface area contributed by atoms with Gasteiger partial charge < -0.3 is 5.73 Å². The molecule has 18 heavy (non-hydrogen) atoms. The molecule has 1 atom stereocenters. The van der Waals surface area contributed by atoms with E-state index >= 15 is 0 Å². The van der Waals surface area contributed by atoms with Crippen LogP contribution >= 0.6 is 0 Å². The highest BCUT2D eigenvalue weighted by Gasteiger charge is 2.32. The number of rotatable bonds is 3.